The van der Waals surface area contributed by atoms with Crippen LogP contribution < -0.4 is 0 Å². The Hall–Kier alpha value is -1.13. The molecule has 0 saturated heterocycles. The van der Waals surface area contributed by atoms with Gasteiger partial charge in [-0.15, -0.1) is 0 Å². The molecule has 2 aromatic rings. The molecule has 4 heteroatoms. The summed E-state index contributed by atoms with van der Waals surface area (Å²) in [5, 5.41) is 14.1. The van der Waals surface area contributed by atoms with Crippen molar-refractivity contribution in [3.05, 3.63) is 52.3 Å². The number of aliphatic hydroxyl groups excluding tert-OH is 1. The van der Waals surface area contributed by atoms with E-state index in [1.54, 1.807) is 10.9 Å². The van der Waals surface area contributed by atoms with Crippen LogP contribution >= 0.6 is 15.9 Å². The summed E-state index contributed by atoms with van der Waals surface area (Å²) in [5.41, 5.74) is 1.65. The smallest absolute Gasteiger partial charge is 0.108 e. The number of nitrogens with zero attached hydrogens (tertiary/aromatic N) is 2. The van der Waals surface area contributed by atoms with E-state index in [0.29, 0.717) is 0 Å². The van der Waals surface area contributed by atoms with Crippen molar-refractivity contribution in [3.63, 3.8) is 0 Å². The average molecular weight is 267 g/mol. The van der Waals surface area contributed by atoms with E-state index < -0.39 is 6.10 Å². The van der Waals surface area contributed by atoms with Gasteiger partial charge in [0.2, 0.25) is 0 Å². The molecule has 1 N–H and O–H groups in total. The van der Waals surface area contributed by atoms with Gasteiger partial charge in [-0.1, -0.05) is 34.1 Å². The van der Waals surface area contributed by atoms with Gasteiger partial charge in [0.1, 0.15) is 6.10 Å². The number of rotatable bonds is 2. The van der Waals surface area contributed by atoms with Crippen LogP contribution in [0.15, 0.2) is 41.1 Å². The van der Waals surface area contributed by atoms with E-state index >= 15 is 0 Å². The number of hydrogen-bond donors (Lipinski definition) is 1. The Bertz CT molecular complexity index is 467. The van der Waals surface area contributed by atoms with Crippen molar-refractivity contribution in [1.29, 1.82) is 0 Å². The molecule has 3 nitrogen and oxygen atoms in total. The number of aryl methyl sites for hydroxylation is 1. The Morgan fingerprint density at radius 3 is 2.73 bits per heavy atom. The first-order valence-electron chi connectivity index (χ1n) is 4.59. The summed E-state index contributed by atoms with van der Waals surface area (Å²) in [5.74, 6) is 0. The van der Waals surface area contributed by atoms with Crippen LogP contribution in [0.3, 0.4) is 0 Å². The van der Waals surface area contributed by atoms with Crippen molar-refractivity contribution in [2.24, 2.45) is 7.05 Å². The minimum Gasteiger partial charge on any atom is -0.383 e. The SMILES string of the molecule is Cn1cc(C(O)c2ccccc2Br)cn1. The second-order valence-electron chi connectivity index (χ2n) is 3.37. The topological polar surface area (TPSA) is 38.0 Å². The van der Waals surface area contributed by atoms with Crippen LogP contribution in [-0.4, -0.2) is 14.9 Å². The van der Waals surface area contributed by atoms with Crippen molar-refractivity contribution >= 4 is 15.9 Å². The number of aromatic nitrogens is 2. The van der Waals surface area contributed by atoms with Crippen LogP contribution in [0.25, 0.3) is 0 Å². The van der Waals surface area contributed by atoms with Gasteiger partial charge in [-0.3, -0.25) is 4.68 Å². The highest BCUT2D eigenvalue weighted by atomic mass is 79.9. The van der Waals surface area contributed by atoms with Crippen molar-refractivity contribution in [2.75, 3.05) is 0 Å². The Morgan fingerprint density at radius 1 is 1.40 bits per heavy atom. The van der Waals surface area contributed by atoms with Crippen molar-refractivity contribution in [3.8, 4) is 0 Å². The zero-order chi connectivity index (χ0) is 10.8. The van der Waals surface area contributed by atoms with E-state index in [9.17, 15) is 5.11 Å². The van der Waals surface area contributed by atoms with Gasteiger partial charge in [-0.2, -0.15) is 5.10 Å². The third-order valence-corrected chi connectivity index (χ3v) is 2.96. The van der Waals surface area contributed by atoms with E-state index in [4.69, 9.17) is 0 Å². The Kier molecular flexibility index (Phi) is 2.88. The molecule has 78 valence electrons. The largest absolute Gasteiger partial charge is 0.383 e. The van der Waals surface area contributed by atoms with Gasteiger partial charge < -0.3 is 5.11 Å². The highest BCUT2D eigenvalue weighted by Crippen LogP contribution is 2.27. The second-order valence-corrected chi connectivity index (χ2v) is 4.23. The molecule has 1 aromatic heterocycles. The summed E-state index contributed by atoms with van der Waals surface area (Å²) in [6, 6.07) is 7.62. The Balaban J connectivity index is 2.36. The molecule has 1 atom stereocenters. The van der Waals surface area contributed by atoms with Gasteiger partial charge in [-0.05, 0) is 11.6 Å². The fourth-order valence-corrected chi connectivity index (χ4v) is 1.96. The predicted molar refractivity (Wildman–Crippen MR) is 61.4 cm³/mol. The highest BCUT2D eigenvalue weighted by molar-refractivity contribution is 9.10. The quantitative estimate of drug-likeness (QED) is 0.906. The maximum absolute atomic E-state index is 10.1. The van der Waals surface area contributed by atoms with Crippen LogP contribution in [0.5, 0.6) is 0 Å². The van der Waals surface area contributed by atoms with Gasteiger partial charge in [0.25, 0.3) is 0 Å². The molecular formula is C11H11BrN2O. The third-order valence-electron chi connectivity index (χ3n) is 2.24. The molecule has 1 aromatic carbocycles. The molecule has 0 spiro atoms. The summed E-state index contributed by atoms with van der Waals surface area (Å²) in [4.78, 5) is 0. The maximum Gasteiger partial charge on any atom is 0.108 e. The molecule has 0 aliphatic rings. The Labute approximate surface area is 96.5 Å². The molecule has 0 amide bonds. The normalized spacial score (nSPS) is 12.7. The van der Waals surface area contributed by atoms with Crippen LogP contribution in [0.1, 0.15) is 17.2 Å². The number of hydrogen-bond acceptors (Lipinski definition) is 2. The third kappa shape index (κ3) is 2.11. The summed E-state index contributed by atoms with van der Waals surface area (Å²) < 4.78 is 2.58. The molecule has 1 heterocycles. The van der Waals surface area contributed by atoms with Crippen LogP contribution in [0.2, 0.25) is 0 Å². The minimum atomic E-state index is -0.630. The number of benzene rings is 1. The molecule has 0 radical (unpaired) electrons. The molecule has 0 saturated carbocycles. The van der Waals surface area contributed by atoms with Gasteiger partial charge in [0, 0.05) is 23.3 Å². The monoisotopic (exact) mass is 266 g/mol. The fourth-order valence-electron chi connectivity index (χ4n) is 1.46. The van der Waals surface area contributed by atoms with Crippen molar-refractivity contribution in [2.45, 2.75) is 6.10 Å². The zero-order valence-electron chi connectivity index (χ0n) is 8.26. The van der Waals surface area contributed by atoms with Crippen LogP contribution in [0, 0.1) is 0 Å². The first kappa shape index (κ1) is 10.4. The van der Waals surface area contributed by atoms with Crippen LogP contribution in [0.4, 0.5) is 0 Å². The summed E-state index contributed by atoms with van der Waals surface area (Å²) in [6.45, 7) is 0. The van der Waals surface area contributed by atoms with E-state index in [0.717, 1.165) is 15.6 Å². The Morgan fingerprint density at radius 2 is 2.13 bits per heavy atom. The van der Waals surface area contributed by atoms with Crippen molar-refractivity contribution < 1.29 is 5.11 Å². The summed E-state index contributed by atoms with van der Waals surface area (Å²) in [7, 11) is 1.83. The lowest BCUT2D eigenvalue weighted by atomic mass is 10.1. The first-order chi connectivity index (χ1) is 7.18. The lowest BCUT2D eigenvalue weighted by molar-refractivity contribution is 0.219. The molecule has 0 bridgehead atoms. The molecule has 0 aliphatic heterocycles. The van der Waals surface area contributed by atoms with Gasteiger partial charge in [0.05, 0.1) is 6.20 Å². The highest BCUT2D eigenvalue weighted by Gasteiger charge is 2.14. The molecule has 2 rings (SSSR count). The summed E-state index contributed by atoms with van der Waals surface area (Å²) in [6.07, 6.45) is 2.85. The number of aliphatic hydroxyl groups is 1. The first-order valence-corrected chi connectivity index (χ1v) is 5.39. The molecule has 0 fully saturated rings. The van der Waals surface area contributed by atoms with Gasteiger partial charge >= 0.3 is 0 Å². The van der Waals surface area contributed by atoms with E-state index in [2.05, 4.69) is 21.0 Å². The predicted octanol–water partition coefficient (Wildman–Crippen LogP) is 2.26. The zero-order valence-corrected chi connectivity index (χ0v) is 9.85. The van der Waals surface area contributed by atoms with E-state index in [1.165, 1.54) is 0 Å². The second kappa shape index (κ2) is 4.16. The van der Waals surface area contributed by atoms with Gasteiger partial charge in [-0.25, -0.2) is 0 Å². The van der Waals surface area contributed by atoms with Gasteiger partial charge in [0.15, 0.2) is 0 Å². The molecule has 0 aliphatic carbocycles. The maximum atomic E-state index is 10.1. The lowest BCUT2D eigenvalue weighted by Crippen LogP contribution is -1.99. The van der Waals surface area contributed by atoms with E-state index in [1.807, 2.05) is 37.5 Å². The summed E-state index contributed by atoms with van der Waals surface area (Å²) >= 11 is 3.41. The number of halogens is 1. The minimum absolute atomic E-state index is 0.630. The van der Waals surface area contributed by atoms with Crippen molar-refractivity contribution in [1.82, 2.24) is 9.78 Å². The molecule has 15 heavy (non-hydrogen) atoms. The standard InChI is InChI=1S/C11H11BrN2O/c1-14-7-8(6-13-14)11(15)9-4-2-3-5-10(9)12/h2-7,11,15H,1H3. The molecular weight excluding hydrogens is 256 g/mol. The lowest BCUT2D eigenvalue weighted by Gasteiger charge is -2.10. The van der Waals surface area contributed by atoms with Crippen LogP contribution in [-0.2, 0) is 7.05 Å². The molecule has 1 unspecified atom stereocenters. The fraction of sp³-hybridized carbons (Fsp3) is 0.182. The average Bonchev–Trinajstić information content (AvgIpc) is 2.65. The van der Waals surface area contributed by atoms with E-state index in [-0.39, 0.29) is 0 Å².